The number of benzene rings is 1. The summed E-state index contributed by atoms with van der Waals surface area (Å²) in [4.78, 5) is 12.2. The number of hydrogen-bond donors (Lipinski definition) is 0. The molecule has 0 spiro atoms. The van der Waals surface area contributed by atoms with E-state index >= 15 is 0 Å². The SMILES string of the molecule is CC1(C)C(C=C(Cl)Cl)C1C(=O)OCc1cccc(SC(F)(F)F)c1. The topological polar surface area (TPSA) is 26.3 Å². The summed E-state index contributed by atoms with van der Waals surface area (Å²) in [7, 11) is 0. The van der Waals surface area contributed by atoms with Gasteiger partial charge in [0.1, 0.15) is 11.1 Å². The third kappa shape index (κ3) is 5.07. The van der Waals surface area contributed by atoms with Crippen LogP contribution >= 0.6 is 35.0 Å². The van der Waals surface area contributed by atoms with Crippen LogP contribution in [0.2, 0.25) is 0 Å². The van der Waals surface area contributed by atoms with Crippen molar-refractivity contribution in [1.82, 2.24) is 0 Å². The zero-order chi connectivity index (χ0) is 18.1. The summed E-state index contributed by atoms with van der Waals surface area (Å²) in [5, 5.41) is 0. The summed E-state index contributed by atoms with van der Waals surface area (Å²) >= 11 is 11.1. The lowest BCUT2D eigenvalue weighted by atomic mass is 10.1. The summed E-state index contributed by atoms with van der Waals surface area (Å²) in [5.74, 6) is -0.885. The van der Waals surface area contributed by atoms with E-state index in [2.05, 4.69) is 0 Å². The fourth-order valence-electron chi connectivity index (χ4n) is 2.65. The number of ether oxygens (including phenoxy) is 1. The zero-order valence-corrected chi connectivity index (χ0v) is 15.2. The normalized spacial score (nSPS) is 22.0. The molecule has 2 atom stereocenters. The molecule has 2 rings (SSSR count). The minimum absolute atomic E-state index is 0.0533. The molecule has 1 aromatic rings. The van der Waals surface area contributed by atoms with E-state index in [0.717, 1.165) is 0 Å². The molecule has 0 aromatic heterocycles. The molecular formula is C16H15Cl2F3O2S. The fourth-order valence-corrected chi connectivity index (χ4v) is 3.55. The summed E-state index contributed by atoms with van der Waals surface area (Å²) in [6, 6.07) is 5.82. The number of carbonyl (C=O) groups is 1. The molecule has 2 unspecified atom stereocenters. The maximum absolute atomic E-state index is 12.4. The predicted octanol–water partition coefficient (Wildman–Crippen LogP) is 5.93. The van der Waals surface area contributed by atoms with Gasteiger partial charge in [-0.1, -0.05) is 49.2 Å². The summed E-state index contributed by atoms with van der Waals surface area (Å²) in [6.07, 6.45) is 1.61. The van der Waals surface area contributed by atoms with Crippen LogP contribution in [0.15, 0.2) is 39.7 Å². The lowest BCUT2D eigenvalue weighted by Gasteiger charge is -2.09. The first kappa shape index (κ1) is 19.5. The molecule has 0 amide bonds. The maximum atomic E-state index is 12.4. The Bertz CT molecular complexity index is 655. The molecule has 1 saturated carbocycles. The van der Waals surface area contributed by atoms with Gasteiger partial charge >= 0.3 is 11.5 Å². The molecule has 8 heteroatoms. The molecule has 0 heterocycles. The quantitative estimate of drug-likeness (QED) is 0.453. The Hall–Kier alpha value is -0.850. The fraction of sp³-hybridized carbons (Fsp3) is 0.438. The van der Waals surface area contributed by atoms with Gasteiger partial charge in [0.2, 0.25) is 0 Å². The third-order valence-corrected chi connectivity index (χ3v) is 4.96. The maximum Gasteiger partial charge on any atom is 0.446 e. The van der Waals surface area contributed by atoms with Gasteiger partial charge in [0.25, 0.3) is 0 Å². The largest absolute Gasteiger partial charge is 0.461 e. The summed E-state index contributed by atoms with van der Waals surface area (Å²) in [6.45, 7) is 3.72. The third-order valence-electron chi connectivity index (χ3n) is 3.98. The first-order chi connectivity index (χ1) is 11.0. The van der Waals surface area contributed by atoms with E-state index in [1.54, 1.807) is 12.1 Å². The van der Waals surface area contributed by atoms with Gasteiger partial charge in [-0.2, -0.15) is 13.2 Å². The van der Waals surface area contributed by atoms with Gasteiger partial charge in [0, 0.05) is 4.90 Å². The van der Waals surface area contributed by atoms with Gasteiger partial charge in [-0.25, -0.2) is 0 Å². The van der Waals surface area contributed by atoms with Crippen LogP contribution in [0.5, 0.6) is 0 Å². The number of carbonyl (C=O) groups excluding carboxylic acids is 1. The molecule has 0 radical (unpaired) electrons. The van der Waals surface area contributed by atoms with Crippen molar-refractivity contribution in [2.75, 3.05) is 0 Å². The van der Waals surface area contributed by atoms with Gasteiger partial charge in [0.05, 0.1) is 5.92 Å². The second kappa shape index (κ2) is 7.18. The van der Waals surface area contributed by atoms with E-state index in [1.165, 1.54) is 18.2 Å². The van der Waals surface area contributed by atoms with Crippen molar-refractivity contribution < 1.29 is 22.7 Å². The molecule has 2 nitrogen and oxygen atoms in total. The van der Waals surface area contributed by atoms with Crippen molar-refractivity contribution in [3.05, 3.63) is 40.4 Å². The van der Waals surface area contributed by atoms with Crippen LogP contribution in [0.3, 0.4) is 0 Å². The highest BCUT2D eigenvalue weighted by atomic mass is 35.5. The Morgan fingerprint density at radius 3 is 2.62 bits per heavy atom. The smallest absolute Gasteiger partial charge is 0.446 e. The number of alkyl halides is 3. The summed E-state index contributed by atoms with van der Waals surface area (Å²) < 4.78 is 42.5. The second-order valence-corrected chi connectivity index (χ2v) is 8.23. The van der Waals surface area contributed by atoms with Crippen LogP contribution < -0.4 is 0 Å². The zero-order valence-electron chi connectivity index (χ0n) is 12.9. The van der Waals surface area contributed by atoms with E-state index in [1.807, 2.05) is 13.8 Å². The molecule has 0 N–H and O–H groups in total. The Labute approximate surface area is 152 Å². The first-order valence-electron chi connectivity index (χ1n) is 7.05. The number of halogens is 5. The van der Waals surface area contributed by atoms with E-state index < -0.39 is 11.5 Å². The van der Waals surface area contributed by atoms with E-state index in [9.17, 15) is 18.0 Å². The minimum Gasteiger partial charge on any atom is -0.461 e. The average Bonchev–Trinajstić information content (AvgIpc) is 2.95. The van der Waals surface area contributed by atoms with Gasteiger partial charge in [-0.3, -0.25) is 4.79 Å². The average molecular weight is 399 g/mol. The van der Waals surface area contributed by atoms with Gasteiger partial charge in [-0.05, 0) is 46.9 Å². The Balaban J connectivity index is 1.96. The van der Waals surface area contributed by atoms with Gasteiger partial charge in [0.15, 0.2) is 0 Å². The molecule has 1 aliphatic rings. The summed E-state index contributed by atoms with van der Waals surface area (Å²) in [5.41, 5.74) is -4.16. The molecule has 132 valence electrons. The Morgan fingerprint density at radius 1 is 1.38 bits per heavy atom. The number of esters is 1. The van der Waals surface area contributed by atoms with Crippen molar-refractivity contribution in [3.63, 3.8) is 0 Å². The number of hydrogen-bond acceptors (Lipinski definition) is 3. The van der Waals surface area contributed by atoms with Crippen molar-refractivity contribution >= 4 is 40.9 Å². The van der Waals surface area contributed by atoms with Crippen molar-refractivity contribution in [3.8, 4) is 0 Å². The molecule has 0 bridgehead atoms. The van der Waals surface area contributed by atoms with E-state index in [4.69, 9.17) is 27.9 Å². The molecule has 1 fully saturated rings. The van der Waals surface area contributed by atoms with Crippen molar-refractivity contribution in [2.45, 2.75) is 30.9 Å². The molecule has 1 aromatic carbocycles. The lowest BCUT2D eigenvalue weighted by molar-refractivity contribution is -0.147. The Kier molecular flexibility index (Phi) is 5.83. The predicted molar refractivity (Wildman–Crippen MR) is 88.7 cm³/mol. The van der Waals surface area contributed by atoms with Gasteiger partial charge in [-0.15, -0.1) is 0 Å². The van der Waals surface area contributed by atoms with E-state index in [-0.39, 0.29) is 45.0 Å². The highest BCUT2D eigenvalue weighted by Gasteiger charge is 2.61. The first-order valence-corrected chi connectivity index (χ1v) is 8.62. The highest BCUT2D eigenvalue weighted by molar-refractivity contribution is 8.00. The van der Waals surface area contributed by atoms with Crippen LogP contribution in [0.4, 0.5) is 13.2 Å². The van der Waals surface area contributed by atoms with Crippen LogP contribution in [-0.2, 0) is 16.1 Å². The standard InChI is InChI=1S/C16H15Cl2F3O2S/c1-15(2)11(7-12(17)18)13(15)14(22)23-8-9-4-3-5-10(6-9)24-16(19,20)21/h3-7,11,13H,8H2,1-2H3. The molecule has 0 aliphatic heterocycles. The van der Waals surface area contributed by atoms with Crippen LogP contribution in [0, 0.1) is 17.3 Å². The van der Waals surface area contributed by atoms with Gasteiger partial charge < -0.3 is 4.74 Å². The van der Waals surface area contributed by atoms with Crippen LogP contribution in [0.1, 0.15) is 19.4 Å². The lowest BCUT2D eigenvalue weighted by Crippen LogP contribution is -2.10. The Morgan fingerprint density at radius 2 is 2.04 bits per heavy atom. The number of rotatable bonds is 5. The van der Waals surface area contributed by atoms with Crippen LogP contribution in [0.25, 0.3) is 0 Å². The molecule has 24 heavy (non-hydrogen) atoms. The monoisotopic (exact) mass is 398 g/mol. The van der Waals surface area contributed by atoms with E-state index in [0.29, 0.717) is 5.56 Å². The van der Waals surface area contributed by atoms with Crippen LogP contribution in [-0.4, -0.2) is 11.5 Å². The van der Waals surface area contributed by atoms with Crippen molar-refractivity contribution in [1.29, 1.82) is 0 Å². The molecule has 1 aliphatic carbocycles. The number of thioether (sulfide) groups is 1. The minimum atomic E-state index is -4.35. The second-order valence-electron chi connectivity index (χ2n) is 6.08. The number of allylic oxidation sites excluding steroid dienone is 1. The van der Waals surface area contributed by atoms with Crippen molar-refractivity contribution in [2.24, 2.45) is 17.3 Å². The molecular weight excluding hydrogens is 384 g/mol. The highest BCUT2D eigenvalue weighted by Crippen LogP contribution is 2.60. The molecule has 0 saturated heterocycles.